The van der Waals surface area contributed by atoms with Crippen LogP contribution in [0, 0.1) is 12.0 Å². The number of nitrogens with zero attached hydrogens (tertiary/aromatic N) is 1. The van der Waals surface area contributed by atoms with Gasteiger partial charge in [0.15, 0.2) is 0 Å². The highest BCUT2D eigenvalue weighted by Gasteiger charge is 2.06. The van der Waals surface area contributed by atoms with Crippen molar-refractivity contribution >= 4 is 28.7 Å². The summed E-state index contributed by atoms with van der Waals surface area (Å²) in [6, 6.07) is 2.62. The summed E-state index contributed by atoms with van der Waals surface area (Å²) in [6.45, 7) is 2.66. The Morgan fingerprint density at radius 3 is 2.64 bits per heavy atom. The molecule has 0 atom stereocenters. The number of hydrogen-bond acceptors (Lipinski definition) is 1. The lowest BCUT2D eigenvalue weighted by Gasteiger charge is -2.10. The predicted octanol–water partition coefficient (Wildman–Crippen LogP) is 2.94. The third-order valence-electron chi connectivity index (χ3n) is 1.75. The van der Waals surface area contributed by atoms with Crippen LogP contribution < -0.4 is 0 Å². The van der Waals surface area contributed by atoms with Gasteiger partial charge in [-0.15, -0.1) is 0 Å². The zero-order valence-electron chi connectivity index (χ0n) is 8.42. The molecule has 0 radical (unpaired) electrons. The minimum Gasteiger partial charge on any atom is -0.464 e. The number of halogens is 1. The molecule has 0 aliphatic heterocycles. The van der Waals surface area contributed by atoms with Crippen molar-refractivity contribution in [3.8, 4) is 12.0 Å². The summed E-state index contributed by atoms with van der Waals surface area (Å²) in [5.74, 6) is 2.75. The molecule has 0 aliphatic rings. The average molecular weight is 309 g/mol. The number of unbranched alkanes of at least 4 members (excludes halogenated alkanes) is 3. The van der Waals surface area contributed by atoms with Crippen LogP contribution in [0.1, 0.15) is 32.6 Å². The molecule has 14 heavy (non-hydrogen) atoms. The maximum Gasteiger partial charge on any atom is 0.419 e. The zero-order valence-corrected chi connectivity index (χ0v) is 10.6. The molecule has 0 spiro atoms. The minimum atomic E-state index is -0.946. The second-order valence-corrected chi connectivity index (χ2v) is 3.68. The highest BCUT2D eigenvalue weighted by molar-refractivity contribution is 14.1. The monoisotopic (exact) mass is 309 g/mol. The van der Waals surface area contributed by atoms with Crippen LogP contribution in [-0.2, 0) is 0 Å². The van der Waals surface area contributed by atoms with Crippen LogP contribution in [0.5, 0.6) is 0 Å². The van der Waals surface area contributed by atoms with Crippen molar-refractivity contribution < 1.29 is 9.90 Å². The standard InChI is InChI=1S/C10H16INO2/c1-2-3-4-5-8-12(10(13)14)9-6-7-11/h2-5,7-8H2,1H3,(H,13,14). The van der Waals surface area contributed by atoms with Gasteiger partial charge in [0.05, 0.1) is 4.43 Å². The molecule has 1 amide bonds. The van der Waals surface area contributed by atoms with E-state index in [1.807, 2.05) is 0 Å². The van der Waals surface area contributed by atoms with Gasteiger partial charge in [0.1, 0.15) is 0 Å². The fraction of sp³-hybridized carbons (Fsp3) is 0.700. The molecule has 80 valence electrons. The number of carbonyl (C=O) groups is 1. The first kappa shape index (κ1) is 13.6. The Hall–Kier alpha value is -0.440. The van der Waals surface area contributed by atoms with Crippen molar-refractivity contribution in [3.05, 3.63) is 0 Å². The fourth-order valence-corrected chi connectivity index (χ4v) is 1.19. The molecule has 0 rings (SSSR count). The lowest BCUT2D eigenvalue weighted by molar-refractivity contribution is 0.165. The van der Waals surface area contributed by atoms with Gasteiger partial charge in [-0.25, -0.2) is 9.69 Å². The lowest BCUT2D eigenvalue weighted by Crippen LogP contribution is -2.25. The van der Waals surface area contributed by atoms with Crippen LogP contribution >= 0.6 is 22.6 Å². The van der Waals surface area contributed by atoms with Gasteiger partial charge in [-0.05, 0) is 6.42 Å². The number of rotatable bonds is 5. The molecular formula is C10H16INO2. The number of alkyl halides is 1. The largest absolute Gasteiger partial charge is 0.464 e. The average Bonchev–Trinajstić information content (AvgIpc) is 2.16. The van der Waals surface area contributed by atoms with Gasteiger partial charge in [-0.1, -0.05) is 54.7 Å². The maximum absolute atomic E-state index is 10.7. The van der Waals surface area contributed by atoms with E-state index >= 15 is 0 Å². The Labute approximate surface area is 99.0 Å². The summed E-state index contributed by atoms with van der Waals surface area (Å²) in [7, 11) is 0. The quantitative estimate of drug-likeness (QED) is 0.279. The highest BCUT2D eigenvalue weighted by atomic mass is 127. The predicted molar refractivity (Wildman–Crippen MR) is 65.5 cm³/mol. The van der Waals surface area contributed by atoms with E-state index in [-0.39, 0.29) is 0 Å². The van der Waals surface area contributed by atoms with Crippen LogP contribution in [0.25, 0.3) is 0 Å². The smallest absolute Gasteiger partial charge is 0.419 e. The van der Waals surface area contributed by atoms with Crippen molar-refractivity contribution in [2.45, 2.75) is 32.6 Å². The van der Waals surface area contributed by atoms with Gasteiger partial charge in [-0.3, -0.25) is 0 Å². The second-order valence-electron chi connectivity index (χ2n) is 2.92. The zero-order chi connectivity index (χ0) is 10.8. The SMILES string of the molecule is CCCCCCN(C#CCI)C(=O)O. The number of amides is 1. The van der Waals surface area contributed by atoms with Crippen molar-refractivity contribution in [1.82, 2.24) is 4.90 Å². The summed E-state index contributed by atoms with van der Waals surface area (Å²) in [5, 5.41) is 8.78. The summed E-state index contributed by atoms with van der Waals surface area (Å²) in [5.41, 5.74) is 0. The summed E-state index contributed by atoms with van der Waals surface area (Å²) < 4.78 is 0.663. The third kappa shape index (κ3) is 7.01. The molecule has 1 N–H and O–H groups in total. The highest BCUT2D eigenvalue weighted by Crippen LogP contribution is 2.01. The first-order valence-electron chi connectivity index (χ1n) is 4.77. The molecule has 0 heterocycles. The van der Waals surface area contributed by atoms with E-state index < -0.39 is 6.09 Å². The molecule has 0 aromatic carbocycles. The Morgan fingerprint density at radius 2 is 2.14 bits per heavy atom. The number of carboxylic acid groups (broad SMARTS) is 1. The number of hydrogen-bond donors (Lipinski definition) is 1. The molecular weight excluding hydrogens is 293 g/mol. The van der Waals surface area contributed by atoms with Gasteiger partial charge in [0.25, 0.3) is 0 Å². The van der Waals surface area contributed by atoms with E-state index in [0.717, 1.165) is 25.7 Å². The Bertz CT molecular complexity index is 220. The Morgan fingerprint density at radius 1 is 1.43 bits per heavy atom. The van der Waals surface area contributed by atoms with Gasteiger partial charge < -0.3 is 5.11 Å². The molecule has 0 aromatic heterocycles. The second kappa shape index (κ2) is 9.13. The molecule has 4 heteroatoms. The van der Waals surface area contributed by atoms with Crippen LogP contribution in [0.3, 0.4) is 0 Å². The van der Waals surface area contributed by atoms with Crippen molar-refractivity contribution in [2.24, 2.45) is 0 Å². The van der Waals surface area contributed by atoms with Gasteiger partial charge in [0.2, 0.25) is 0 Å². The van der Waals surface area contributed by atoms with Crippen molar-refractivity contribution in [3.63, 3.8) is 0 Å². The normalized spacial score (nSPS) is 9.00. The van der Waals surface area contributed by atoms with E-state index in [0.29, 0.717) is 11.0 Å². The molecule has 0 saturated carbocycles. The fourth-order valence-electron chi connectivity index (χ4n) is 1.02. The Balaban J connectivity index is 3.80. The van der Waals surface area contributed by atoms with Crippen LogP contribution in [0.4, 0.5) is 4.79 Å². The van der Waals surface area contributed by atoms with Gasteiger partial charge in [0, 0.05) is 12.6 Å². The molecule has 0 fully saturated rings. The molecule has 0 aromatic rings. The molecule has 0 saturated heterocycles. The van der Waals surface area contributed by atoms with Crippen molar-refractivity contribution in [1.29, 1.82) is 0 Å². The van der Waals surface area contributed by atoms with Crippen LogP contribution in [0.15, 0.2) is 0 Å². The maximum atomic E-state index is 10.7. The van der Waals surface area contributed by atoms with Crippen molar-refractivity contribution in [2.75, 3.05) is 11.0 Å². The van der Waals surface area contributed by atoms with Crippen LogP contribution in [0.2, 0.25) is 0 Å². The van der Waals surface area contributed by atoms with Gasteiger partial charge in [-0.2, -0.15) is 0 Å². The van der Waals surface area contributed by atoms with E-state index in [1.165, 1.54) is 4.90 Å². The molecule has 0 unspecified atom stereocenters. The summed E-state index contributed by atoms with van der Waals surface area (Å²) in [4.78, 5) is 11.9. The van der Waals surface area contributed by atoms with Crippen LogP contribution in [-0.4, -0.2) is 27.1 Å². The van der Waals surface area contributed by atoms with E-state index in [4.69, 9.17) is 5.11 Å². The lowest BCUT2D eigenvalue weighted by atomic mass is 10.2. The summed E-state index contributed by atoms with van der Waals surface area (Å²) in [6.07, 6.45) is 3.35. The van der Waals surface area contributed by atoms with Gasteiger partial charge >= 0.3 is 6.09 Å². The molecule has 3 nitrogen and oxygen atoms in total. The Kier molecular flexibility index (Phi) is 8.84. The van der Waals surface area contributed by atoms with E-state index in [1.54, 1.807) is 0 Å². The minimum absolute atomic E-state index is 0.527. The van der Waals surface area contributed by atoms with E-state index in [2.05, 4.69) is 41.5 Å². The first-order chi connectivity index (χ1) is 6.72. The van der Waals surface area contributed by atoms with E-state index in [9.17, 15) is 4.79 Å². The third-order valence-corrected chi connectivity index (χ3v) is 2.13. The summed E-state index contributed by atoms with van der Waals surface area (Å²) >= 11 is 2.10. The molecule has 0 bridgehead atoms. The molecule has 0 aliphatic carbocycles. The first-order valence-corrected chi connectivity index (χ1v) is 6.29. The topological polar surface area (TPSA) is 40.5 Å².